The normalized spacial score (nSPS) is 22.5. The minimum atomic E-state index is 0.312. The van der Waals surface area contributed by atoms with E-state index in [2.05, 4.69) is 46.4 Å². The van der Waals surface area contributed by atoms with Crippen molar-refractivity contribution in [2.75, 3.05) is 23.7 Å². The third-order valence-corrected chi connectivity index (χ3v) is 4.90. The molecule has 0 spiro atoms. The van der Waals surface area contributed by atoms with E-state index < -0.39 is 0 Å². The van der Waals surface area contributed by atoms with Gasteiger partial charge in [0.25, 0.3) is 0 Å². The summed E-state index contributed by atoms with van der Waals surface area (Å²) in [5.41, 5.74) is 1.04. The Bertz CT molecular complexity index is 428. The van der Waals surface area contributed by atoms with E-state index in [0.717, 1.165) is 37.2 Å². The monoisotopic (exact) mass is 278 g/mol. The van der Waals surface area contributed by atoms with Crippen LogP contribution in [0.3, 0.4) is 0 Å². The van der Waals surface area contributed by atoms with E-state index in [1.54, 1.807) is 0 Å². The molecule has 1 saturated heterocycles. The van der Waals surface area contributed by atoms with Crippen molar-refractivity contribution >= 4 is 17.6 Å². The number of thioether (sulfide) groups is 1. The van der Waals surface area contributed by atoms with Gasteiger partial charge in [-0.25, -0.2) is 0 Å². The molecule has 5 heteroatoms. The predicted octanol–water partition coefficient (Wildman–Crippen LogP) is 2.06. The van der Waals surface area contributed by atoms with Crippen LogP contribution in [0.5, 0.6) is 0 Å². The zero-order valence-electron chi connectivity index (χ0n) is 11.7. The molecule has 104 valence electrons. The summed E-state index contributed by atoms with van der Waals surface area (Å²) in [4.78, 5) is 2.35. The fourth-order valence-electron chi connectivity index (χ4n) is 2.36. The number of anilines is 1. The van der Waals surface area contributed by atoms with Crippen molar-refractivity contribution in [3.05, 3.63) is 17.8 Å². The van der Waals surface area contributed by atoms with E-state index in [1.807, 2.05) is 11.8 Å². The van der Waals surface area contributed by atoms with E-state index in [4.69, 9.17) is 0 Å². The number of hydrogen-bond acceptors (Lipinski definition) is 5. The third-order valence-electron chi connectivity index (χ3n) is 3.60. The van der Waals surface area contributed by atoms with E-state index >= 15 is 0 Å². The van der Waals surface area contributed by atoms with Crippen molar-refractivity contribution < 1.29 is 0 Å². The standard InChI is InChI=1S/C14H22N4S/c1-14(2)10-18(7-8-19-14)13-6-5-12(16-17-13)9-15-11-3-4-11/h5-6,11,15H,3-4,7-10H2,1-2H3. The molecule has 0 aromatic carbocycles. The molecule has 2 aliphatic rings. The molecule has 0 atom stereocenters. The maximum absolute atomic E-state index is 4.39. The largest absolute Gasteiger partial charge is 0.353 e. The van der Waals surface area contributed by atoms with Crippen LogP contribution in [0.15, 0.2) is 12.1 Å². The molecule has 19 heavy (non-hydrogen) atoms. The van der Waals surface area contributed by atoms with Crippen molar-refractivity contribution in [3.63, 3.8) is 0 Å². The van der Waals surface area contributed by atoms with Gasteiger partial charge in [-0.15, -0.1) is 5.10 Å². The van der Waals surface area contributed by atoms with Crippen LogP contribution in [0.2, 0.25) is 0 Å². The molecular formula is C14H22N4S. The second kappa shape index (κ2) is 5.29. The molecule has 1 aromatic rings. The molecule has 0 amide bonds. The number of nitrogens with zero attached hydrogens (tertiary/aromatic N) is 3. The number of hydrogen-bond donors (Lipinski definition) is 1. The lowest BCUT2D eigenvalue weighted by Gasteiger charge is -2.37. The van der Waals surface area contributed by atoms with Gasteiger partial charge in [0.05, 0.1) is 5.69 Å². The Kier molecular flexibility index (Phi) is 3.67. The Morgan fingerprint density at radius 1 is 1.37 bits per heavy atom. The quantitative estimate of drug-likeness (QED) is 0.913. The molecule has 2 heterocycles. The van der Waals surface area contributed by atoms with E-state index in [-0.39, 0.29) is 0 Å². The second-order valence-corrected chi connectivity index (χ2v) is 7.87. The fourth-order valence-corrected chi connectivity index (χ4v) is 3.48. The van der Waals surface area contributed by atoms with E-state index in [0.29, 0.717) is 4.75 Å². The third kappa shape index (κ3) is 3.60. The Morgan fingerprint density at radius 2 is 2.21 bits per heavy atom. The summed E-state index contributed by atoms with van der Waals surface area (Å²) in [6, 6.07) is 4.94. The zero-order valence-corrected chi connectivity index (χ0v) is 12.5. The van der Waals surface area contributed by atoms with Gasteiger partial charge in [-0.1, -0.05) is 0 Å². The van der Waals surface area contributed by atoms with Gasteiger partial charge in [0.1, 0.15) is 0 Å². The van der Waals surface area contributed by atoms with Gasteiger partial charge >= 0.3 is 0 Å². The Labute approximate surface area is 119 Å². The lowest BCUT2D eigenvalue weighted by atomic mass is 10.2. The van der Waals surface area contributed by atoms with Crippen LogP contribution >= 0.6 is 11.8 Å². The molecule has 3 rings (SSSR count). The average molecular weight is 278 g/mol. The van der Waals surface area contributed by atoms with Crippen molar-refractivity contribution in [2.24, 2.45) is 0 Å². The number of nitrogens with one attached hydrogen (secondary N) is 1. The Hall–Kier alpha value is -0.810. The molecule has 0 unspecified atom stereocenters. The number of rotatable bonds is 4. The lowest BCUT2D eigenvalue weighted by Crippen LogP contribution is -2.43. The van der Waals surface area contributed by atoms with Gasteiger partial charge in [0, 0.05) is 36.2 Å². The van der Waals surface area contributed by atoms with Crippen LogP contribution in [-0.4, -0.2) is 39.8 Å². The summed E-state index contributed by atoms with van der Waals surface area (Å²) in [5, 5.41) is 12.2. The lowest BCUT2D eigenvalue weighted by molar-refractivity contribution is 0.632. The summed E-state index contributed by atoms with van der Waals surface area (Å²) < 4.78 is 0.312. The highest BCUT2D eigenvalue weighted by molar-refractivity contribution is 8.00. The van der Waals surface area contributed by atoms with Gasteiger partial charge < -0.3 is 10.2 Å². The van der Waals surface area contributed by atoms with Gasteiger partial charge in [0.2, 0.25) is 0 Å². The van der Waals surface area contributed by atoms with Crippen LogP contribution in [0.4, 0.5) is 5.82 Å². The molecule has 4 nitrogen and oxygen atoms in total. The fraction of sp³-hybridized carbons (Fsp3) is 0.714. The van der Waals surface area contributed by atoms with Gasteiger partial charge in [-0.2, -0.15) is 16.9 Å². The zero-order chi connectivity index (χ0) is 13.3. The van der Waals surface area contributed by atoms with E-state index in [9.17, 15) is 0 Å². The van der Waals surface area contributed by atoms with Gasteiger partial charge in [-0.05, 0) is 38.8 Å². The van der Waals surface area contributed by atoms with Crippen LogP contribution in [-0.2, 0) is 6.54 Å². The smallest absolute Gasteiger partial charge is 0.151 e. The molecule has 1 N–H and O–H groups in total. The molecule has 2 fully saturated rings. The maximum Gasteiger partial charge on any atom is 0.151 e. The topological polar surface area (TPSA) is 41.0 Å². The van der Waals surface area contributed by atoms with E-state index in [1.165, 1.54) is 18.6 Å². The molecule has 0 bridgehead atoms. The summed E-state index contributed by atoms with van der Waals surface area (Å²) in [5.74, 6) is 2.18. The summed E-state index contributed by atoms with van der Waals surface area (Å²) in [6.45, 7) is 7.56. The first kappa shape index (κ1) is 13.2. The first-order valence-corrected chi connectivity index (χ1v) is 8.06. The average Bonchev–Trinajstić information content (AvgIpc) is 3.20. The highest BCUT2D eigenvalue weighted by Crippen LogP contribution is 2.31. The SMILES string of the molecule is CC1(C)CN(c2ccc(CNC3CC3)nn2)CCS1. The Balaban J connectivity index is 1.61. The summed E-state index contributed by atoms with van der Waals surface area (Å²) >= 11 is 2.04. The molecule has 1 aliphatic carbocycles. The molecule has 1 aliphatic heterocycles. The number of aromatic nitrogens is 2. The molecule has 0 radical (unpaired) electrons. The molecule has 1 aromatic heterocycles. The first-order chi connectivity index (χ1) is 9.12. The predicted molar refractivity (Wildman–Crippen MR) is 80.6 cm³/mol. The van der Waals surface area contributed by atoms with Crippen molar-refractivity contribution in [2.45, 2.75) is 44.0 Å². The Morgan fingerprint density at radius 3 is 2.84 bits per heavy atom. The van der Waals surface area contributed by atoms with Crippen LogP contribution in [0.25, 0.3) is 0 Å². The van der Waals surface area contributed by atoms with Crippen LogP contribution in [0.1, 0.15) is 32.4 Å². The molecule has 1 saturated carbocycles. The maximum atomic E-state index is 4.39. The van der Waals surface area contributed by atoms with Gasteiger partial charge in [0.15, 0.2) is 5.82 Å². The summed E-state index contributed by atoms with van der Waals surface area (Å²) in [7, 11) is 0. The van der Waals surface area contributed by atoms with Crippen LogP contribution < -0.4 is 10.2 Å². The second-order valence-electron chi connectivity index (χ2n) is 6.07. The van der Waals surface area contributed by atoms with Crippen LogP contribution in [0, 0.1) is 0 Å². The van der Waals surface area contributed by atoms with Crippen molar-refractivity contribution in [1.29, 1.82) is 0 Å². The highest BCUT2D eigenvalue weighted by atomic mass is 32.2. The first-order valence-electron chi connectivity index (χ1n) is 7.07. The minimum Gasteiger partial charge on any atom is -0.353 e. The van der Waals surface area contributed by atoms with Crippen molar-refractivity contribution in [1.82, 2.24) is 15.5 Å². The molecular weight excluding hydrogens is 256 g/mol. The van der Waals surface area contributed by atoms with Gasteiger partial charge in [-0.3, -0.25) is 0 Å². The minimum absolute atomic E-state index is 0.312. The summed E-state index contributed by atoms with van der Waals surface area (Å²) in [6.07, 6.45) is 2.62. The highest BCUT2D eigenvalue weighted by Gasteiger charge is 2.27. The van der Waals surface area contributed by atoms with Crippen molar-refractivity contribution in [3.8, 4) is 0 Å².